The standard InChI is InChI=1S/C33H42ClN3O4S/c1-6-9-21(4)22(5)42(40)36-33(39)29-15-16-31-32(35-29)37(18-24-11-13-28(24)30(38)8-3)19-25(20-41-31)27-14-12-26(34)17-23(27)10-7-2/h6,8,12,14-17,21-22,24-25,28H,1,3,7,9-11,13,18-20H2,2,4-5H3,(H,36,39). The van der Waals surface area contributed by atoms with Gasteiger partial charge in [-0.25, -0.2) is 9.19 Å². The Kier molecular flexibility index (Phi) is 11.0. The lowest BCUT2D eigenvalue weighted by Crippen LogP contribution is -2.43. The number of aryl methyl sites for hydroxylation is 1. The summed E-state index contributed by atoms with van der Waals surface area (Å²) in [5.41, 5.74) is 2.55. The lowest BCUT2D eigenvalue weighted by atomic mass is 9.71. The van der Waals surface area contributed by atoms with Crippen LogP contribution in [0.2, 0.25) is 5.02 Å². The maximum Gasteiger partial charge on any atom is 0.281 e. The molecule has 1 aliphatic heterocycles. The number of amides is 1. The largest absolute Gasteiger partial charge is 0.489 e. The summed E-state index contributed by atoms with van der Waals surface area (Å²) in [6, 6.07) is 9.41. The summed E-state index contributed by atoms with van der Waals surface area (Å²) < 4.78 is 21.9. The first kappa shape index (κ1) is 32.0. The van der Waals surface area contributed by atoms with Crippen LogP contribution in [0.25, 0.3) is 0 Å². The number of aromatic nitrogens is 1. The van der Waals surface area contributed by atoms with Gasteiger partial charge in [-0.05, 0) is 85.9 Å². The third-order valence-corrected chi connectivity index (χ3v) is 10.4. The van der Waals surface area contributed by atoms with Crippen LogP contribution in [0, 0.1) is 17.8 Å². The first-order valence-electron chi connectivity index (χ1n) is 14.8. The lowest BCUT2D eigenvalue weighted by Gasteiger charge is -2.39. The Morgan fingerprint density at radius 2 is 2.02 bits per heavy atom. The van der Waals surface area contributed by atoms with E-state index in [1.165, 1.54) is 17.2 Å². The van der Waals surface area contributed by atoms with Gasteiger partial charge in [0.2, 0.25) is 0 Å². The Bertz CT molecular complexity index is 1350. The lowest BCUT2D eigenvalue weighted by molar-refractivity contribution is -0.122. The molecule has 1 N–H and O–H groups in total. The number of nitrogens with zero attached hydrogens (tertiary/aromatic N) is 2. The first-order chi connectivity index (χ1) is 20.2. The van der Waals surface area contributed by atoms with Crippen molar-refractivity contribution in [2.24, 2.45) is 17.8 Å². The molecule has 1 aliphatic carbocycles. The van der Waals surface area contributed by atoms with E-state index in [0.717, 1.165) is 25.7 Å². The van der Waals surface area contributed by atoms with E-state index in [0.29, 0.717) is 42.7 Å². The second-order valence-corrected chi connectivity index (χ2v) is 13.5. The Hall–Kier alpha value is -2.97. The molecule has 0 saturated heterocycles. The molecule has 6 unspecified atom stereocenters. The van der Waals surface area contributed by atoms with Gasteiger partial charge in [0.25, 0.3) is 5.91 Å². The number of pyridine rings is 1. The monoisotopic (exact) mass is 611 g/mol. The first-order valence-corrected chi connectivity index (χ1v) is 16.4. The van der Waals surface area contributed by atoms with Crippen molar-refractivity contribution < 1.29 is 18.5 Å². The number of hydrogen-bond donors (Lipinski definition) is 1. The van der Waals surface area contributed by atoms with E-state index < -0.39 is 16.9 Å². The normalized spacial score (nSPS) is 21.9. The van der Waals surface area contributed by atoms with Crippen molar-refractivity contribution in [1.82, 2.24) is 9.71 Å². The maximum absolute atomic E-state index is 13.2. The van der Waals surface area contributed by atoms with Gasteiger partial charge < -0.3 is 9.64 Å². The molecule has 1 aromatic carbocycles. The maximum atomic E-state index is 13.2. The van der Waals surface area contributed by atoms with E-state index >= 15 is 0 Å². The van der Waals surface area contributed by atoms with Crippen LogP contribution in [0.15, 0.2) is 55.6 Å². The number of carbonyl (C=O) groups is 2. The molecule has 2 aliphatic rings. The van der Waals surface area contributed by atoms with Crippen LogP contribution in [0.3, 0.4) is 0 Å². The number of allylic oxidation sites excluding steroid dienone is 2. The van der Waals surface area contributed by atoms with Gasteiger partial charge >= 0.3 is 0 Å². The smallest absolute Gasteiger partial charge is 0.281 e. The number of ketones is 1. The van der Waals surface area contributed by atoms with Gasteiger partial charge in [0.1, 0.15) is 16.7 Å². The summed E-state index contributed by atoms with van der Waals surface area (Å²) >= 11 is 6.36. The molecule has 6 atom stereocenters. The van der Waals surface area contributed by atoms with Gasteiger partial charge in [-0.15, -0.1) is 6.58 Å². The van der Waals surface area contributed by atoms with Crippen LogP contribution in [0.4, 0.5) is 5.82 Å². The topological polar surface area (TPSA) is 88.6 Å². The number of rotatable bonds is 13. The number of ether oxygens (including phenoxy) is 1. The predicted octanol–water partition coefficient (Wildman–Crippen LogP) is 6.45. The fourth-order valence-electron chi connectivity index (χ4n) is 5.80. The molecule has 7 nitrogen and oxygen atoms in total. The SMILES string of the molecule is C=CCC(C)C(C)S(=O)NC(=O)c1ccc2c(n1)N(CC1CCC1C(=O)C=C)CC(c1ccc(Cl)cc1CCC)CO2. The molecule has 0 spiro atoms. The van der Waals surface area contributed by atoms with Crippen molar-refractivity contribution in [3.63, 3.8) is 0 Å². The number of carbonyl (C=O) groups excluding carboxylic acids is 2. The highest BCUT2D eigenvalue weighted by molar-refractivity contribution is 7.84. The van der Waals surface area contributed by atoms with Gasteiger partial charge in [-0.3, -0.25) is 14.3 Å². The van der Waals surface area contributed by atoms with Crippen LogP contribution in [-0.4, -0.2) is 45.8 Å². The molecule has 1 aromatic heterocycles. The van der Waals surface area contributed by atoms with Crippen LogP contribution >= 0.6 is 11.6 Å². The highest BCUT2D eigenvalue weighted by Gasteiger charge is 2.38. The Morgan fingerprint density at radius 1 is 1.24 bits per heavy atom. The van der Waals surface area contributed by atoms with Crippen molar-refractivity contribution in [3.05, 3.63) is 77.5 Å². The van der Waals surface area contributed by atoms with E-state index in [2.05, 4.69) is 35.8 Å². The minimum absolute atomic E-state index is 0.0311. The number of hydrogen-bond acceptors (Lipinski definition) is 6. The third-order valence-electron chi connectivity index (χ3n) is 8.63. The van der Waals surface area contributed by atoms with Crippen molar-refractivity contribution in [2.75, 3.05) is 24.6 Å². The van der Waals surface area contributed by atoms with Gasteiger partial charge in [0, 0.05) is 29.9 Å². The molecule has 2 heterocycles. The van der Waals surface area contributed by atoms with Crippen LogP contribution in [0.5, 0.6) is 5.75 Å². The fraction of sp³-hybridized carbons (Fsp3) is 0.485. The molecule has 1 saturated carbocycles. The minimum atomic E-state index is -1.58. The molecule has 0 bridgehead atoms. The second-order valence-electron chi connectivity index (χ2n) is 11.5. The summed E-state index contributed by atoms with van der Waals surface area (Å²) in [6.07, 6.45) is 7.59. The molecule has 0 radical (unpaired) electrons. The summed E-state index contributed by atoms with van der Waals surface area (Å²) in [5, 5.41) is 0.461. The third kappa shape index (κ3) is 7.32. The Morgan fingerprint density at radius 3 is 2.69 bits per heavy atom. The van der Waals surface area contributed by atoms with E-state index in [-0.39, 0.29) is 40.4 Å². The summed E-state index contributed by atoms with van der Waals surface area (Å²) in [4.78, 5) is 32.6. The number of anilines is 1. The molecule has 9 heteroatoms. The van der Waals surface area contributed by atoms with E-state index in [1.807, 2.05) is 26.0 Å². The zero-order valence-electron chi connectivity index (χ0n) is 24.8. The van der Waals surface area contributed by atoms with Crippen LogP contribution in [-0.2, 0) is 22.2 Å². The number of nitrogens with one attached hydrogen (secondary N) is 1. The average molecular weight is 612 g/mol. The molecule has 226 valence electrons. The molecule has 42 heavy (non-hydrogen) atoms. The molecular formula is C33H42ClN3O4S. The van der Waals surface area contributed by atoms with E-state index in [1.54, 1.807) is 18.2 Å². The van der Waals surface area contributed by atoms with Crippen LogP contribution in [0.1, 0.15) is 74.0 Å². The number of halogens is 1. The fourth-order valence-corrected chi connectivity index (χ4v) is 7.00. The molecule has 4 rings (SSSR count). The van der Waals surface area contributed by atoms with Gasteiger partial charge in [0.05, 0.1) is 11.9 Å². The highest BCUT2D eigenvalue weighted by Crippen LogP contribution is 2.40. The molecular weight excluding hydrogens is 570 g/mol. The van der Waals surface area contributed by atoms with Gasteiger partial charge in [0.15, 0.2) is 17.4 Å². The second kappa shape index (κ2) is 14.5. The van der Waals surface area contributed by atoms with Crippen LogP contribution < -0.4 is 14.4 Å². The van der Waals surface area contributed by atoms with Crippen molar-refractivity contribution in [2.45, 2.75) is 64.0 Å². The molecule has 1 fully saturated rings. The Balaban J connectivity index is 1.64. The molecule has 2 aromatic rings. The van der Waals surface area contributed by atoms with E-state index in [9.17, 15) is 13.8 Å². The summed E-state index contributed by atoms with van der Waals surface area (Å²) in [6.45, 7) is 15.1. The zero-order valence-corrected chi connectivity index (χ0v) is 26.4. The predicted molar refractivity (Wildman–Crippen MR) is 171 cm³/mol. The highest BCUT2D eigenvalue weighted by atomic mass is 35.5. The van der Waals surface area contributed by atoms with Gasteiger partial charge in [-0.2, -0.15) is 0 Å². The zero-order chi connectivity index (χ0) is 30.4. The van der Waals surface area contributed by atoms with Crippen molar-refractivity contribution in [3.8, 4) is 5.75 Å². The average Bonchev–Trinajstić information content (AvgIpc) is 3.14. The Labute approximate surface area is 257 Å². The molecule has 1 amide bonds. The van der Waals surface area contributed by atoms with Gasteiger partial charge in [-0.1, -0.05) is 50.6 Å². The quantitative estimate of drug-likeness (QED) is 0.207. The van der Waals surface area contributed by atoms with E-state index in [4.69, 9.17) is 21.3 Å². The van der Waals surface area contributed by atoms with Crippen molar-refractivity contribution >= 4 is 40.1 Å². The summed E-state index contributed by atoms with van der Waals surface area (Å²) in [5.74, 6) is 0.939. The minimum Gasteiger partial charge on any atom is -0.489 e. The number of fused-ring (bicyclic) bond motifs is 1. The number of benzene rings is 1. The summed E-state index contributed by atoms with van der Waals surface area (Å²) in [7, 11) is -1.58. The van der Waals surface area contributed by atoms with Crippen molar-refractivity contribution in [1.29, 1.82) is 0 Å².